The number of aromatic nitrogens is 5. The van der Waals surface area contributed by atoms with Crippen LogP contribution in [0, 0.1) is 20.2 Å². The van der Waals surface area contributed by atoms with Gasteiger partial charge in [0.1, 0.15) is 17.1 Å². The summed E-state index contributed by atoms with van der Waals surface area (Å²) in [4.78, 5) is 52.1. The maximum absolute atomic E-state index is 11.4. The van der Waals surface area contributed by atoms with Gasteiger partial charge < -0.3 is 82.4 Å². The Morgan fingerprint density at radius 1 is 0.482 bits per heavy atom. The molecule has 3 atom stereocenters. The highest BCUT2D eigenvalue weighted by Gasteiger charge is 2.30. The van der Waals surface area contributed by atoms with Gasteiger partial charge in [0.25, 0.3) is 6.48 Å². The Labute approximate surface area is 682 Å². The van der Waals surface area contributed by atoms with Gasteiger partial charge in [-0.3, -0.25) is 49.9 Å². The fourth-order valence-corrected chi connectivity index (χ4v) is 12.2. The maximum Gasteiger partial charge on any atom is 0.271 e. The molecule has 4 N–H and O–H groups in total. The number of phenols is 2. The smallest absolute Gasteiger partial charge is 0.271 e. The lowest BCUT2D eigenvalue weighted by molar-refractivity contribution is -0.481. The normalized spacial score (nSPS) is 13.2. The van der Waals surface area contributed by atoms with Crippen molar-refractivity contribution in [3.63, 3.8) is 0 Å². The molecule has 29 nitrogen and oxygen atoms in total. The molecule has 3 unspecified atom stereocenters. The molecule has 7 heterocycles. The van der Waals surface area contributed by atoms with Crippen LogP contribution in [-0.2, 0) is 46.2 Å². The Bertz CT molecular complexity index is 4350. The molecule has 5 aromatic heterocycles. The topological polar surface area (TPSA) is 352 Å². The number of fused-ring (bicyclic) bond motifs is 2. The second-order valence-corrected chi connectivity index (χ2v) is 25.4. The van der Waals surface area contributed by atoms with E-state index in [2.05, 4.69) is 85.6 Å². The number of methoxy groups -OCH3 is 6. The minimum Gasteiger partial charge on any atom is -0.504 e. The fourth-order valence-electron chi connectivity index (χ4n) is 11.4. The molecule has 0 saturated heterocycles. The van der Waals surface area contributed by atoms with E-state index >= 15 is 0 Å². The van der Waals surface area contributed by atoms with Crippen molar-refractivity contribution in [3.8, 4) is 46.0 Å². The number of halogens is 2. The van der Waals surface area contributed by atoms with Gasteiger partial charge in [-0.2, -0.15) is 0 Å². The number of carbonyl (C=O) groups excluding carboxylic acids is 1. The van der Waals surface area contributed by atoms with Crippen LogP contribution in [0.2, 0.25) is 0 Å². The van der Waals surface area contributed by atoms with Gasteiger partial charge in [-0.25, -0.2) is 0 Å². The molecule has 0 spiro atoms. The summed E-state index contributed by atoms with van der Waals surface area (Å²) < 4.78 is 70.5. The first-order valence-electron chi connectivity index (χ1n) is 36.6. The van der Waals surface area contributed by atoms with Crippen LogP contribution in [-0.4, -0.2) is 166 Å². The van der Waals surface area contributed by atoms with Crippen LogP contribution < -0.4 is 39.1 Å². The zero-order valence-electron chi connectivity index (χ0n) is 66.4. The largest absolute Gasteiger partial charge is 0.504 e. The van der Waals surface area contributed by atoms with E-state index in [0.717, 1.165) is 81.0 Å². The van der Waals surface area contributed by atoms with E-state index in [-0.39, 0.29) is 35.2 Å². The van der Waals surface area contributed by atoms with Crippen LogP contribution in [0.4, 0.5) is 0 Å². The van der Waals surface area contributed by atoms with Gasteiger partial charge in [-0.1, -0.05) is 42.5 Å². The minimum atomic E-state index is -0.694. The molecule has 0 saturated carbocycles. The second kappa shape index (κ2) is 53.0. The van der Waals surface area contributed by atoms with Crippen LogP contribution in [0.5, 0.6) is 46.0 Å². The summed E-state index contributed by atoms with van der Waals surface area (Å²) in [5.41, 5.74) is 10.7. The molecule has 0 amide bonds. The molecule has 9 aromatic rings. The minimum absolute atomic E-state index is 0.0801. The number of benzene rings is 4. The van der Waals surface area contributed by atoms with Crippen LogP contribution in [0.1, 0.15) is 151 Å². The number of nitrogens with zero attached hydrogens (tertiary/aromatic N) is 7. The number of ether oxygens (including phenoxy) is 13. The van der Waals surface area contributed by atoms with E-state index in [1.54, 1.807) is 107 Å². The molecule has 0 fully saturated rings. The molecule has 614 valence electrons. The third-order valence-corrected chi connectivity index (χ3v) is 17.9. The van der Waals surface area contributed by atoms with Crippen molar-refractivity contribution in [3.05, 3.63) is 267 Å². The van der Waals surface area contributed by atoms with E-state index in [9.17, 15) is 35.2 Å². The SMILES string of the molecule is CCOC(OCC)OCC.CCOC(OCC)c1ncccc1Br.CCOC(OCC)c1ncccc1C(C[N+](=O)[O-])c1ccc(OC)c(OC)c1.COc1ccc(/C=C/[N+](=O)[O-])cc1OC.COc1ccc(C2CNCc3ncccc32)cc1OC.O=Cc1ncccc1Br.Oc1ccc(C2CNCc3ncccc32)cc1O. The van der Waals surface area contributed by atoms with Crippen molar-refractivity contribution >= 4 is 44.2 Å². The first kappa shape index (κ1) is 94.4. The number of rotatable bonds is 31. The zero-order valence-corrected chi connectivity index (χ0v) is 69.6. The van der Waals surface area contributed by atoms with Crippen LogP contribution in [0.25, 0.3) is 6.08 Å². The number of nitro groups is 2. The molecule has 0 radical (unpaired) electrons. The number of aromatic hydroxyl groups is 2. The number of hydrogen-bond donors (Lipinski definition) is 4. The number of nitrogens with one attached hydrogen (secondary N) is 2. The predicted molar refractivity (Wildman–Crippen MR) is 438 cm³/mol. The molecule has 0 aliphatic carbocycles. The average molecular weight is 1710 g/mol. The number of carbonyl (C=O) groups is 1. The Hall–Kier alpha value is -10.2. The highest BCUT2D eigenvalue weighted by molar-refractivity contribution is 9.10. The predicted octanol–water partition coefficient (Wildman–Crippen LogP) is 15.5. The summed E-state index contributed by atoms with van der Waals surface area (Å²) in [5.74, 6) is 3.45. The number of hydrogen-bond acceptors (Lipinski definition) is 27. The van der Waals surface area contributed by atoms with E-state index in [0.29, 0.717) is 104 Å². The van der Waals surface area contributed by atoms with Crippen molar-refractivity contribution in [1.82, 2.24) is 35.6 Å². The van der Waals surface area contributed by atoms with Gasteiger partial charge in [-0.15, -0.1) is 0 Å². The number of phenolic OH excluding ortho intramolecular Hbond substituents is 2. The summed E-state index contributed by atoms with van der Waals surface area (Å²) in [6, 6.07) is 40.5. The lowest BCUT2D eigenvalue weighted by atomic mass is 9.87. The summed E-state index contributed by atoms with van der Waals surface area (Å²) >= 11 is 6.58. The van der Waals surface area contributed by atoms with E-state index in [1.165, 1.54) is 50.2 Å². The average Bonchev–Trinajstić information content (AvgIpc) is 0.806. The van der Waals surface area contributed by atoms with E-state index in [1.807, 2.05) is 103 Å². The molecular formula is C83H103Br2N9O20. The van der Waals surface area contributed by atoms with Crippen LogP contribution >= 0.6 is 31.9 Å². The maximum atomic E-state index is 11.4. The monoisotopic (exact) mass is 1700 g/mol. The number of aldehydes is 1. The molecule has 0 bridgehead atoms. The Balaban J connectivity index is 0.000000245. The molecule has 11 rings (SSSR count). The fraction of sp³-hybridized carbons (Fsp3) is 0.373. The zero-order chi connectivity index (χ0) is 83.2. The Morgan fingerprint density at radius 2 is 0.912 bits per heavy atom. The molecule has 4 aromatic carbocycles. The van der Waals surface area contributed by atoms with Crippen LogP contribution in [0.3, 0.4) is 0 Å². The standard InChI is InChI=1S/C20H26N2O6.C16H18N2O2.C14H14N2O2.C10H14BrNO2.C10H11NO4.C7H16O3.C6H4BrNO/c1-5-27-20(28-6-2)19-15(8-7-11-21-19)16(13-22(23)24)14-9-10-17(25-3)18(12-14)26-4;1-19-15-6-5-11(8-16(15)20-2)13-9-17-10-14-12(13)4-3-7-18-14;17-13-4-3-9(6-14(13)18)11-7-15-8-12-10(11)2-1-5-16-12;1-3-13-10(14-4-2)9-8(11)6-5-7-12-9;1-14-9-4-3-8(5-6-11(12)13)7-10(9)15-2;1-4-8-7(9-5-2)10-6-3;7-5-2-1-3-8-6(5)4-9/h7-12,16,20H,5-6,13H2,1-4H3;3-8,13,17H,9-10H2,1-2H3;1-6,11,15,17-18H,7-8H2;5-7,10H,3-4H2,1-2H3;3-7H,1-2H3;7H,4-6H2,1-3H3;1-4H/b;;;;6-5+;;. The van der Waals surface area contributed by atoms with Crippen LogP contribution in [0.15, 0.2) is 180 Å². The highest BCUT2D eigenvalue weighted by atomic mass is 79.9. The number of pyridine rings is 5. The van der Waals surface area contributed by atoms with Crippen molar-refractivity contribution in [2.45, 2.75) is 98.4 Å². The van der Waals surface area contributed by atoms with E-state index < -0.39 is 23.6 Å². The molecule has 2 aliphatic rings. The van der Waals surface area contributed by atoms with Crippen molar-refractivity contribution < 1.29 is 86.4 Å². The summed E-state index contributed by atoms with van der Waals surface area (Å²) in [6.07, 6.45) is 10.5. The Morgan fingerprint density at radius 3 is 1.38 bits per heavy atom. The quantitative estimate of drug-likeness (QED) is 0.0103. The van der Waals surface area contributed by atoms with Gasteiger partial charge in [0, 0.05) is 135 Å². The Kier molecular flexibility index (Phi) is 43.9. The highest BCUT2D eigenvalue weighted by Crippen LogP contribution is 2.39. The van der Waals surface area contributed by atoms with Crippen molar-refractivity contribution in [2.75, 3.05) is 109 Å². The molecule has 114 heavy (non-hydrogen) atoms. The van der Waals surface area contributed by atoms with Gasteiger partial charge in [-0.05, 0) is 210 Å². The molecule has 31 heteroatoms. The first-order chi connectivity index (χ1) is 55.3. The van der Waals surface area contributed by atoms with Gasteiger partial charge in [0.2, 0.25) is 25.3 Å². The van der Waals surface area contributed by atoms with Crippen molar-refractivity contribution in [1.29, 1.82) is 0 Å². The van der Waals surface area contributed by atoms with E-state index in [4.69, 9.17) is 61.6 Å². The van der Waals surface area contributed by atoms with Crippen molar-refractivity contribution in [2.24, 2.45) is 0 Å². The lowest BCUT2D eigenvalue weighted by Crippen LogP contribution is -2.29. The first-order valence-corrected chi connectivity index (χ1v) is 38.2. The third-order valence-electron chi connectivity index (χ3n) is 16.6. The third kappa shape index (κ3) is 30.3. The van der Waals surface area contributed by atoms with Gasteiger partial charge in [0.15, 0.2) is 52.3 Å². The summed E-state index contributed by atoms with van der Waals surface area (Å²) in [5, 5.41) is 47.2. The molecule has 2 aliphatic heterocycles. The molecular weight excluding hydrogens is 1600 g/mol. The van der Waals surface area contributed by atoms with Gasteiger partial charge in [0.05, 0.1) is 64.9 Å². The lowest BCUT2D eigenvalue weighted by Gasteiger charge is -2.26. The summed E-state index contributed by atoms with van der Waals surface area (Å²) in [7, 11) is 9.43. The van der Waals surface area contributed by atoms with Gasteiger partial charge >= 0.3 is 0 Å². The second-order valence-electron chi connectivity index (χ2n) is 23.7. The summed E-state index contributed by atoms with van der Waals surface area (Å²) in [6.45, 7) is 19.8.